The fourth-order valence-electron chi connectivity index (χ4n) is 5.15. The van der Waals surface area contributed by atoms with Crippen LogP contribution >= 0.6 is 0 Å². The lowest BCUT2D eigenvalue weighted by Crippen LogP contribution is -2.43. The molecule has 0 spiro atoms. The predicted molar refractivity (Wildman–Crippen MR) is 117 cm³/mol. The minimum absolute atomic E-state index is 0.186. The lowest BCUT2D eigenvalue weighted by atomic mass is 9.67. The molecular weight excluding hydrogens is 348 g/mol. The second-order valence-corrected chi connectivity index (χ2v) is 15.7. The molecule has 2 aliphatic carbocycles. The number of hydrogen-bond donors (Lipinski definition) is 0. The van der Waals surface area contributed by atoms with Crippen molar-refractivity contribution in [2.75, 3.05) is 7.11 Å². The lowest BCUT2D eigenvalue weighted by molar-refractivity contribution is 0.258. The minimum Gasteiger partial charge on any atom is -0.543 e. The number of benzene rings is 1. The highest BCUT2D eigenvalue weighted by Gasteiger charge is 2.57. The molecule has 0 heterocycles. The van der Waals surface area contributed by atoms with Crippen LogP contribution in [0.3, 0.4) is 0 Å². The SMILES string of the molecule is CO/C(=C1/C2(C)CC[C@H](C2)C1(C)C)c1cccc(O[Si](C)(C)C(C)(C)C)c1. The first-order chi connectivity index (χ1) is 12.3. The molecule has 27 heavy (non-hydrogen) atoms. The molecule has 1 aromatic rings. The van der Waals surface area contributed by atoms with Crippen LogP contribution in [-0.4, -0.2) is 15.4 Å². The number of fused-ring (bicyclic) bond motifs is 2. The highest BCUT2D eigenvalue weighted by atomic mass is 28.4. The quantitative estimate of drug-likeness (QED) is 0.400. The Morgan fingerprint density at radius 2 is 1.81 bits per heavy atom. The van der Waals surface area contributed by atoms with Crippen LogP contribution < -0.4 is 4.43 Å². The van der Waals surface area contributed by atoms with Crippen LogP contribution in [0.15, 0.2) is 29.8 Å². The summed E-state index contributed by atoms with van der Waals surface area (Å²) in [5.74, 6) is 2.82. The minimum atomic E-state index is -1.86. The normalized spacial score (nSPS) is 29.0. The number of hydrogen-bond acceptors (Lipinski definition) is 2. The number of rotatable bonds is 4. The molecule has 2 aliphatic rings. The molecule has 0 saturated heterocycles. The molecule has 2 fully saturated rings. The zero-order valence-corrected chi connectivity index (χ0v) is 19.8. The molecule has 0 aliphatic heterocycles. The maximum Gasteiger partial charge on any atom is 0.250 e. The fourth-order valence-corrected chi connectivity index (χ4v) is 6.17. The first kappa shape index (κ1) is 20.5. The summed E-state index contributed by atoms with van der Waals surface area (Å²) in [7, 11) is -0.0299. The Hall–Kier alpha value is -1.22. The van der Waals surface area contributed by atoms with Crippen molar-refractivity contribution in [1.29, 1.82) is 0 Å². The molecular formula is C24H38O2Si. The molecule has 3 heteroatoms. The summed E-state index contributed by atoms with van der Waals surface area (Å²) in [5.41, 5.74) is 3.15. The second kappa shape index (κ2) is 6.40. The van der Waals surface area contributed by atoms with Gasteiger partial charge in [0.15, 0.2) is 0 Å². The highest BCUT2D eigenvalue weighted by molar-refractivity contribution is 6.74. The zero-order valence-electron chi connectivity index (χ0n) is 18.8. The van der Waals surface area contributed by atoms with Gasteiger partial charge in [-0.25, -0.2) is 0 Å². The van der Waals surface area contributed by atoms with Crippen molar-refractivity contribution >= 4 is 14.1 Å². The maximum atomic E-state index is 6.56. The van der Waals surface area contributed by atoms with Gasteiger partial charge in [0.2, 0.25) is 8.32 Å². The topological polar surface area (TPSA) is 18.5 Å². The Bertz CT molecular complexity index is 747. The molecule has 0 aromatic heterocycles. The van der Waals surface area contributed by atoms with Crippen molar-refractivity contribution in [3.8, 4) is 5.75 Å². The van der Waals surface area contributed by atoms with Crippen LogP contribution in [0, 0.1) is 16.7 Å². The molecule has 2 saturated carbocycles. The second-order valence-electron chi connectivity index (χ2n) is 11.0. The standard InChI is InChI=1S/C24H38O2Si/c1-22(2,3)27(8,9)26-19-12-10-11-17(15-19)20(25-7)21-23(4,5)18-13-14-24(21,6)16-18/h10-12,15,18H,13-14,16H2,1-9H3/b21-20+/t18-,24?/m1/s1. The summed E-state index contributed by atoms with van der Waals surface area (Å²) in [6.07, 6.45) is 3.92. The van der Waals surface area contributed by atoms with Gasteiger partial charge >= 0.3 is 0 Å². The van der Waals surface area contributed by atoms with E-state index in [9.17, 15) is 0 Å². The van der Waals surface area contributed by atoms with Crippen molar-refractivity contribution in [3.63, 3.8) is 0 Å². The molecule has 3 rings (SSSR count). The third-order valence-corrected chi connectivity index (χ3v) is 12.1. The van der Waals surface area contributed by atoms with E-state index in [1.165, 1.54) is 24.8 Å². The molecule has 0 amide bonds. The molecule has 2 bridgehead atoms. The van der Waals surface area contributed by atoms with Crippen LogP contribution in [0.25, 0.3) is 5.76 Å². The Kier molecular flexibility index (Phi) is 4.86. The molecule has 1 unspecified atom stereocenters. The largest absolute Gasteiger partial charge is 0.543 e. The van der Waals surface area contributed by atoms with Crippen LogP contribution in [0.4, 0.5) is 0 Å². The maximum absolute atomic E-state index is 6.56. The van der Waals surface area contributed by atoms with Crippen LogP contribution in [0.1, 0.15) is 66.4 Å². The number of ether oxygens (including phenoxy) is 1. The summed E-state index contributed by atoms with van der Waals surface area (Å²) >= 11 is 0. The third kappa shape index (κ3) is 3.37. The van der Waals surface area contributed by atoms with Crippen LogP contribution in [-0.2, 0) is 4.74 Å². The van der Waals surface area contributed by atoms with E-state index in [-0.39, 0.29) is 15.9 Å². The molecule has 0 radical (unpaired) electrons. The van der Waals surface area contributed by atoms with Gasteiger partial charge in [0.05, 0.1) is 7.11 Å². The van der Waals surface area contributed by atoms with E-state index < -0.39 is 8.32 Å². The number of allylic oxidation sites excluding steroid dienone is 1. The van der Waals surface area contributed by atoms with Crippen molar-refractivity contribution in [3.05, 3.63) is 35.4 Å². The van der Waals surface area contributed by atoms with Crippen LogP contribution in [0.2, 0.25) is 18.1 Å². The van der Waals surface area contributed by atoms with Crippen molar-refractivity contribution in [2.45, 2.75) is 78.9 Å². The zero-order chi connectivity index (χ0) is 20.3. The Morgan fingerprint density at radius 3 is 2.33 bits per heavy atom. The van der Waals surface area contributed by atoms with Gasteiger partial charge in [0.1, 0.15) is 11.5 Å². The van der Waals surface area contributed by atoms with E-state index in [0.717, 1.165) is 23.0 Å². The van der Waals surface area contributed by atoms with Crippen molar-refractivity contribution in [2.24, 2.45) is 16.7 Å². The molecule has 150 valence electrons. The Balaban J connectivity index is 2.03. The van der Waals surface area contributed by atoms with Gasteiger partial charge in [-0.1, -0.05) is 53.7 Å². The lowest BCUT2D eigenvalue weighted by Gasteiger charge is -2.38. The summed E-state index contributed by atoms with van der Waals surface area (Å²) in [6, 6.07) is 8.57. The summed E-state index contributed by atoms with van der Waals surface area (Å²) < 4.78 is 12.6. The summed E-state index contributed by atoms with van der Waals surface area (Å²) in [6.45, 7) is 18.7. The molecule has 1 aromatic carbocycles. The average molecular weight is 387 g/mol. The molecule has 2 atom stereocenters. The molecule has 0 N–H and O–H groups in total. The van der Waals surface area contributed by atoms with Gasteiger partial charge in [-0.15, -0.1) is 0 Å². The monoisotopic (exact) mass is 386 g/mol. The van der Waals surface area contributed by atoms with Gasteiger partial charge in [-0.2, -0.15) is 0 Å². The van der Waals surface area contributed by atoms with Gasteiger partial charge in [-0.05, 0) is 71.8 Å². The Labute approximate surface area is 167 Å². The summed E-state index contributed by atoms with van der Waals surface area (Å²) in [5, 5.41) is 0.186. The van der Waals surface area contributed by atoms with E-state index in [0.29, 0.717) is 0 Å². The van der Waals surface area contributed by atoms with Crippen molar-refractivity contribution < 1.29 is 9.16 Å². The average Bonchev–Trinajstić information content (AvgIpc) is 3.01. The first-order valence-electron chi connectivity index (χ1n) is 10.4. The Morgan fingerprint density at radius 1 is 1.15 bits per heavy atom. The van der Waals surface area contributed by atoms with E-state index >= 15 is 0 Å². The molecule has 2 nitrogen and oxygen atoms in total. The van der Waals surface area contributed by atoms with Gasteiger partial charge < -0.3 is 9.16 Å². The van der Waals surface area contributed by atoms with E-state index in [2.05, 4.69) is 78.9 Å². The van der Waals surface area contributed by atoms with E-state index in [4.69, 9.17) is 9.16 Å². The number of methoxy groups -OCH3 is 1. The van der Waals surface area contributed by atoms with Crippen LogP contribution in [0.5, 0.6) is 5.75 Å². The van der Waals surface area contributed by atoms with Gasteiger partial charge in [0, 0.05) is 5.56 Å². The fraction of sp³-hybridized carbons (Fsp3) is 0.667. The van der Waals surface area contributed by atoms with E-state index in [1.54, 1.807) is 0 Å². The highest BCUT2D eigenvalue weighted by Crippen LogP contribution is 2.67. The smallest absolute Gasteiger partial charge is 0.250 e. The third-order valence-electron chi connectivity index (χ3n) is 7.72. The van der Waals surface area contributed by atoms with Gasteiger partial charge in [0.25, 0.3) is 0 Å². The first-order valence-corrected chi connectivity index (χ1v) is 13.3. The van der Waals surface area contributed by atoms with E-state index in [1.807, 2.05) is 7.11 Å². The summed E-state index contributed by atoms with van der Waals surface area (Å²) in [4.78, 5) is 0. The predicted octanol–water partition coefficient (Wildman–Crippen LogP) is 7.27. The van der Waals surface area contributed by atoms with Crippen molar-refractivity contribution in [1.82, 2.24) is 0 Å². The van der Waals surface area contributed by atoms with Gasteiger partial charge in [-0.3, -0.25) is 0 Å².